The first-order valence-corrected chi connectivity index (χ1v) is 6.84. The molecule has 2 rings (SSSR count). The van der Waals surface area contributed by atoms with Crippen molar-refractivity contribution in [2.24, 2.45) is 5.73 Å². The van der Waals surface area contributed by atoms with Crippen molar-refractivity contribution < 1.29 is 4.39 Å². The summed E-state index contributed by atoms with van der Waals surface area (Å²) in [5, 5.41) is 0. The molecule has 1 fully saturated rings. The second-order valence-electron chi connectivity index (χ2n) is 5.50. The van der Waals surface area contributed by atoms with E-state index in [-0.39, 0.29) is 11.9 Å². The van der Waals surface area contributed by atoms with Gasteiger partial charge in [0.05, 0.1) is 0 Å². The van der Waals surface area contributed by atoms with Crippen molar-refractivity contribution in [1.82, 2.24) is 0 Å². The largest absolute Gasteiger partial charge is 0.366 e. The molecule has 1 aromatic rings. The van der Waals surface area contributed by atoms with Gasteiger partial charge >= 0.3 is 0 Å². The van der Waals surface area contributed by atoms with Crippen LogP contribution in [0.4, 0.5) is 10.1 Å². The van der Waals surface area contributed by atoms with Gasteiger partial charge in [-0.2, -0.15) is 0 Å². The van der Waals surface area contributed by atoms with Crippen LogP contribution in [0.15, 0.2) is 18.2 Å². The van der Waals surface area contributed by atoms with E-state index in [1.54, 1.807) is 6.07 Å². The minimum Gasteiger partial charge on any atom is -0.366 e. The topological polar surface area (TPSA) is 29.3 Å². The van der Waals surface area contributed by atoms with Gasteiger partial charge in [0.25, 0.3) is 0 Å². The molecular weight excluding hydrogens is 227 g/mol. The van der Waals surface area contributed by atoms with Crippen molar-refractivity contribution in [2.45, 2.75) is 58.2 Å². The number of anilines is 1. The zero-order chi connectivity index (χ0) is 13.3. The van der Waals surface area contributed by atoms with E-state index in [4.69, 9.17) is 5.73 Å². The third-order valence-electron chi connectivity index (χ3n) is 3.96. The molecule has 1 aliphatic heterocycles. The summed E-state index contributed by atoms with van der Waals surface area (Å²) in [5.41, 5.74) is 7.57. The molecule has 2 nitrogen and oxygen atoms in total. The van der Waals surface area contributed by atoms with Gasteiger partial charge < -0.3 is 10.6 Å². The summed E-state index contributed by atoms with van der Waals surface area (Å²) in [7, 11) is 0. The van der Waals surface area contributed by atoms with Crippen molar-refractivity contribution in [3.63, 3.8) is 0 Å². The summed E-state index contributed by atoms with van der Waals surface area (Å²) >= 11 is 0. The van der Waals surface area contributed by atoms with Crippen LogP contribution in [-0.4, -0.2) is 12.1 Å². The standard InChI is InChI=1S/C15H23FN2/c1-10-6-4-7-11(2)18(10)14-9-5-8-13(16)15(14)12(3)17/h5,8-12H,4,6-7,17H2,1-3H3. The Morgan fingerprint density at radius 1 is 1.28 bits per heavy atom. The average Bonchev–Trinajstić information content (AvgIpc) is 2.28. The van der Waals surface area contributed by atoms with Crippen LogP contribution in [0.2, 0.25) is 0 Å². The lowest BCUT2D eigenvalue weighted by atomic mass is 9.94. The third kappa shape index (κ3) is 2.37. The second-order valence-corrected chi connectivity index (χ2v) is 5.50. The van der Waals surface area contributed by atoms with Gasteiger partial charge in [0.1, 0.15) is 5.82 Å². The Morgan fingerprint density at radius 3 is 2.44 bits per heavy atom. The second kappa shape index (κ2) is 5.27. The summed E-state index contributed by atoms with van der Waals surface area (Å²) in [4.78, 5) is 2.34. The van der Waals surface area contributed by atoms with Crippen LogP contribution in [0, 0.1) is 5.82 Å². The van der Waals surface area contributed by atoms with Crippen LogP contribution < -0.4 is 10.6 Å². The molecule has 18 heavy (non-hydrogen) atoms. The van der Waals surface area contributed by atoms with Crippen molar-refractivity contribution in [2.75, 3.05) is 4.90 Å². The predicted octanol–water partition coefficient (Wildman–Crippen LogP) is 3.61. The van der Waals surface area contributed by atoms with E-state index in [0.29, 0.717) is 17.6 Å². The molecule has 1 saturated heterocycles. The van der Waals surface area contributed by atoms with Crippen molar-refractivity contribution in [3.05, 3.63) is 29.6 Å². The van der Waals surface area contributed by atoms with Crippen molar-refractivity contribution >= 4 is 5.69 Å². The highest BCUT2D eigenvalue weighted by atomic mass is 19.1. The fourth-order valence-electron chi connectivity index (χ4n) is 3.10. The molecular formula is C15H23FN2. The van der Waals surface area contributed by atoms with Gasteiger partial charge in [0.15, 0.2) is 0 Å². The van der Waals surface area contributed by atoms with Crippen LogP contribution >= 0.6 is 0 Å². The lowest BCUT2D eigenvalue weighted by Crippen LogP contribution is -2.44. The molecule has 1 heterocycles. The molecule has 0 aliphatic carbocycles. The summed E-state index contributed by atoms with van der Waals surface area (Å²) in [6, 6.07) is 5.91. The Kier molecular flexibility index (Phi) is 3.91. The quantitative estimate of drug-likeness (QED) is 0.868. The van der Waals surface area contributed by atoms with E-state index in [1.165, 1.54) is 25.3 Å². The van der Waals surface area contributed by atoms with Gasteiger partial charge in [-0.05, 0) is 52.2 Å². The SMILES string of the molecule is CC(N)c1c(F)cccc1N1C(C)CCCC1C. The van der Waals surface area contributed by atoms with E-state index in [0.717, 1.165) is 5.69 Å². The zero-order valence-electron chi connectivity index (χ0n) is 11.5. The summed E-state index contributed by atoms with van der Waals surface area (Å²) in [6.07, 6.45) is 3.58. The molecule has 2 N–H and O–H groups in total. The fourth-order valence-corrected chi connectivity index (χ4v) is 3.10. The number of benzene rings is 1. The van der Waals surface area contributed by atoms with E-state index >= 15 is 0 Å². The van der Waals surface area contributed by atoms with Crippen LogP contribution in [-0.2, 0) is 0 Å². The number of piperidine rings is 1. The van der Waals surface area contributed by atoms with E-state index in [9.17, 15) is 4.39 Å². The lowest BCUT2D eigenvalue weighted by Gasteiger charge is -2.42. The molecule has 0 bridgehead atoms. The Labute approximate surface area is 109 Å². The van der Waals surface area contributed by atoms with Crippen LogP contribution in [0.5, 0.6) is 0 Å². The van der Waals surface area contributed by atoms with Crippen molar-refractivity contribution in [1.29, 1.82) is 0 Å². The first-order valence-electron chi connectivity index (χ1n) is 6.84. The summed E-state index contributed by atoms with van der Waals surface area (Å²) < 4.78 is 14.0. The lowest BCUT2D eigenvalue weighted by molar-refractivity contribution is 0.411. The highest BCUT2D eigenvalue weighted by Gasteiger charge is 2.28. The Hall–Kier alpha value is -1.09. The normalized spacial score (nSPS) is 26.2. The summed E-state index contributed by atoms with van der Waals surface area (Å²) in [6.45, 7) is 6.28. The molecule has 3 unspecified atom stereocenters. The number of rotatable bonds is 2. The Balaban J connectivity index is 2.46. The smallest absolute Gasteiger partial charge is 0.130 e. The molecule has 0 aromatic heterocycles. The number of halogens is 1. The Bertz CT molecular complexity index is 407. The molecule has 3 heteroatoms. The van der Waals surface area contributed by atoms with Gasteiger partial charge in [0.2, 0.25) is 0 Å². The molecule has 0 radical (unpaired) electrons. The minimum absolute atomic E-state index is 0.188. The average molecular weight is 250 g/mol. The van der Waals surface area contributed by atoms with Crippen LogP contribution in [0.25, 0.3) is 0 Å². The maximum Gasteiger partial charge on any atom is 0.130 e. The molecule has 100 valence electrons. The van der Waals surface area contributed by atoms with Crippen LogP contribution in [0.1, 0.15) is 51.6 Å². The highest BCUT2D eigenvalue weighted by molar-refractivity contribution is 5.57. The Morgan fingerprint density at radius 2 is 1.89 bits per heavy atom. The summed E-state index contributed by atoms with van der Waals surface area (Å²) in [5.74, 6) is -0.188. The number of hydrogen-bond acceptors (Lipinski definition) is 2. The van der Waals surface area contributed by atoms with Gasteiger partial charge in [0, 0.05) is 29.4 Å². The minimum atomic E-state index is -0.275. The number of hydrogen-bond donors (Lipinski definition) is 1. The third-order valence-corrected chi connectivity index (χ3v) is 3.96. The van der Waals surface area contributed by atoms with Gasteiger partial charge in [-0.3, -0.25) is 0 Å². The van der Waals surface area contributed by atoms with Crippen LogP contribution in [0.3, 0.4) is 0 Å². The molecule has 0 saturated carbocycles. The van der Waals surface area contributed by atoms with E-state index in [2.05, 4.69) is 18.7 Å². The zero-order valence-corrected chi connectivity index (χ0v) is 11.5. The van der Waals surface area contributed by atoms with E-state index in [1.807, 2.05) is 13.0 Å². The monoisotopic (exact) mass is 250 g/mol. The molecule has 3 atom stereocenters. The fraction of sp³-hybridized carbons (Fsp3) is 0.600. The molecule has 1 aliphatic rings. The molecule has 1 aromatic carbocycles. The highest BCUT2D eigenvalue weighted by Crippen LogP contribution is 2.34. The van der Waals surface area contributed by atoms with E-state index < -0.39 is 0 Å². The first kappa shape index (κ1) is 13.3. The number of nitrogens with two attached hydrogens (primary N) is 1. The molecule has 0 amide bonds. The van der Waals surface area contributed by atoms with Gasteiger partial charge in [-0.1, -0.05) is 6.07 Å². The maximum atomic E-state index is 14.0. The number of nitrogens with zero attached hydrogens (tertiary/aromatic N) is 1. The van der Waals surface area contributed by atoms with Gasteiger partial charge in [-0.15, -0.1) is 0 Å². The van der Waals surface area contributed by atoms with Gasteiger partial charge in [-0.25, -0.2) is 4.39 Å². The van der Waals surface area contributed by atoms with Crippen molar-refractivity contribution in [3.8, 4) is 0 Å². The molecule has 0 spiro atoms. The first-order chi connectivity index (χ1) is 8.52. The predicted molar refractivity (Wildman–Crippen MR) is 74.3 cm³/mol. The maximum absolute atomic E-state index is 14.0.